The van der Waals surface area contributed by atoms with Gasteiger partial charge in [-0.2, -0.15) is 0 Å². The van der Waals surface area contributed by atoms with Crippen LogP contribution in [0.25, 0.3) is 0 Å². The van der Waals surface area contributed by atoms with Crippen molar-refractivity contribution in [3.05, 3.63) is 71.3 Å². The number of rotatable bonds is 6. The average molecular weight is 267 g/mol. The molecule has 0 aliphatic carbocycles. The quantitative estimate of drug-likeness (QED) is 0.811. The van der Waals surface area contributed by atoms with Crippen LogP contribution in [0, 0.1) is 12.8 Å². The highest BCUT2D eigenvalue weighted by atomic mass is 14.9. The van der Waals surface area contributed by atoms with Crippen molar-refractivity contribution in [1.82, 2.24) is 5.32 Å². The molecule has 0 bridgehead atoms. The lowest BCUT2D eigenvalue weighted by Crippen LogP contribution is -2.24. The van der Waals surface area contributed by atoms with Crippen LogP contribution in [-0.2, 0) is 6.54 Å². The predicted octanol–water partition coefficient (Wildman–Crippen LogP) is 4.52. The highest BCUT2D eigenvalue weighted by molar-refractivity contribution is 5.23. The van der Waals surface area contributed by atoms with Gasteiger partial charge in [0, 0.05) is 13.1 Å². The second-order valence-electron chi connectivity index (χ2n) is 5.88. The Labute approximate surface area is 123 Å². The van der Waals surface area contributed by atoms with Crippen LogP contribution in [0.3, 0.4) is 0 Å². The molecule has 0 aliphatic rings. The molecule has 2 aromatic rings. The molecular formula is C19H25N. The van der Waals surface area contributed by atoms with E-state index in [0.29, 0.717) is 11.8 Å². The third-order valence-electron chi connectivity index (χ3n) is 3.81. The van der Waals surface area contributed by atoms with Gasteiger partial charge < -0.3 is 5.32 Å². The first-order valence-electron chi connectivity index (χ1n) is 7.48. The van der Waals surface area contributed by atoms with Gasteiger partial charge in [0.1, 0.15) is 0 Å². The summed E-state index contributed by atoms with van der Waals surface area (Å²) in [6.45, 7) is 8.70. The maximum absolute atomic E-state index is 3.61. The third-order valence-corrected chi connectivity index (χ3v) is 3.81. The van der Waals surface area contributed by atoms with E-state index >= 15 is 0 Å². The Morgan fingerprint density at radius 2 is 1.70 bits per heavy atom. The Hall–Kier alpha value is -1.60. The molecule has 0 radical (unpaired) electrons. The minimum Gasteiger partial charge on any atom is -0.312 e. The van der Waals surface area contributed by atoms with Crippen molar-refractivity contribution >= 4 is 0 Å². The Balaban J connectivity index is 1.93. The maximum atomic E-state index is 3.61. The molecule has 2 rings (SSSR count). The van der Waals surface area contributed by atoms with E-state index in [-0.39, 0.29) is 0 Å². The van der Waals surface area contributed by atoms with E-state index in [1.54, 1.807) is 0 Å². The van der Waals surface area contributed by atoms with Crippen molar-refractivity contribution in [3.63, 3.8) is 0 Å². The van der Waals surface area contributed by atoms with Crippen LogP contribution in [-0.4, -0.2) is 6.54 Å². The van der Waals surface area contributed by atoms with Crippen LogP contribution >= 0.6 is 0 Å². The van der Waals surface area contributed by atoms with Gasteiger partial charge in [0.15, 0.2) is 0 Å². The zero-order chi connectivity index (χ0) is 14.4. The van der Waals surface area contributed by atoms with Gasteiger partial charge in [-0.15, -0.1) is 0 Å². The number of hydrogen-bond donors (Lipinski definition) is 1. The molecule has 0 saturated carbocycles. The molecule has 1 heteroatoms. The summed E-state index contributed by atoms with van der Waals surface area (Å²) in [6, 6.07) is 19.5. The minimum absolute atomic E-state index is 0.570. The Morgan fingerprint density at radius 1 is 0.950 bits per heavy atom. The van der Waals surface area contributed by atoms with Gasteiger partial charge in [-0.05, 0) is 29.9 Å². The first-order chi connectivity index (χ1) is 9.66. The van der Waals surface area contributed by atoms with E-state index in [0.717, 1.165) is 13.1 Å². The van der Waals surface area contributed by atoms with Crippen LogP contribution in [0.2, 0.25) is 0 Å². The summed E-state index contributed by atoms with van der Waals surface area (Å²) >= 11 is 0. The fourth-order valence-corrected chi connectivity index (χ4v) is 2.63. The molecule has 1 N–H and O–H groups in total. The fraction of sp³-hybridized carbons (Fsp3) is 0.368. The van der Waals surface area contributed by atoms with E-state index in [1.165, 1.54) is 16.7 Å². The third kappa shape index (κ3) is 4.21. The lowest BCUT2D eigenvalue weighted by molar-refractivity contribution is 0.461. The second kappa shape index (κ2) is 7.25. The summed E-state index contributed by atoms with van der Waals surface area (Å²) in [4.78, 5) is 0. The predicted molar refractivity (Wildman–Crippen MR) is 86.9 cm³/mol. The number of benzene rings is 2. The molecule has 0 aliphatic heterocycles. The molecule has 0 spiro atoms. The molecule has 0 aromatic heterocycles. The maximum Gasteiger partial charge on any atom is 0.0205 e. The van der Waals surface area contributed by atoms with Crippen molar-refractivity contribution in [2.24, 2.45) is 5.92 Å². The average Bonchev–Trinajstić information content (AvgIpc) is 2.44. The molecule has 1 nitrogen and oxygen atoms in total. The molecule has 0 saturated heterocycles. The van der Waals surface area contributed by atoms with Gasteiger partial charge in [-0.1, -0.05) is 74.0 Å². The Morgan fingerprint density at radius 3 is 2.35 bits per heavy atom. The van der Waals surface area contributed by atoms with Crippen molar-refractivity contribution in [1.29, 1.82) is 0 Å². The first kappa shape index (κ1) is 14.8. The number of nitrogens with one attached hydrogen (secondary N) is 1. The molecule has 0 amide bonds. The largest absolute Gasteiger partial charge is 0.312 e. The summed E-state index contributed by atoms with van der Waals surface area (Å²) in [6.07, 6.45) is 0. The van der Waals surface area contributed by atoms with Crippen LogP contribution < -0.4 is 5.32 Å². The molecule has 20 heavy (non-hydrogen) atoms. The highest BCUT2D eigenvalue weighted by Crippen LogP contribution is 2.23. The monoisotopic (exact) mass is 267 g/mol. The van der Waals surface area contributed by atoms with Crippen molar-refractivity contribution in [2.45, 2.75) is 33.2 Å². The number of hydrogen-bond acceptors (Lipinski definition) is 1. The highest BCUT2D eigenvalue weighted by Gasteiger charge is 2.14. The van der Waals surface area contributed by atoms with E-state index in [1.807, 2.05) is 0 Å². The fourth-order valence-electron chi connectivity index (χ4n) is 2.63. The van der Waals surface area contributed by atoms with Gasteiger partial charge in [-0.25, -0.2) is 0 Å². The smallest absolute Gasteiger partial charge is 0.0205 e. The number of aryl methyl sites for hydroxylation is 1. The van der Waals surface area contributed by atoms with E-state index in [2.05, 4.69) is 80.7 Å². The second-order valence-corrected chi connectivity index (χ2v) is 5.88. The van der Waals surface area contributed by atoms with Gasteiger partial charge in [0.05, 0.1) is 0 Å². The molecule has 0 fully saturated rings. The Bertz CT molecular complexity index is 516. The van der Waals surface area contributed by atoms with E-state index in [9.17, 15) is 0 Å². The van der Waals surface area contributed by atoms with Gasteiger partial charge in [-0.3, -0.25) is 0 Å². The van der Waals surface area contributed by atoms with E-state index in [4.69, 9.17) is 0 Å². The molecule has 106 valence electrons. The summed E-state index contributed by atoms with van der Waals surface area (Å²) in [7, 11) is 0. The normalized spacial score (nSPS) is 12.6. The molecule has 1 atom stereocenters. The lowest BCUT2D eigenvalue weighted by Gasteiger charge is -2.22. The summed E-state index contributed by atoms with van der Waals surface area (Å²) in [5.74, 6) is 1.21. The minimum atomic E-state index is 0.570. The molecular weight excluding hydrogens is 242 g/mol. The molecule has 2 aromatic carbocycles. The Kier molecular flexibility index (Phi) is 5.37. The topological polar surface area (TPSA) is 12.0 Å². The van der Waals surface area contributed by atoms with Crippen molar-refractivity contribution in [2.75, 3.05) is 6.54 Å². The molecule has 0 heterocycles. The standard InChI is InChI=1S/C19H25N/c1-15(2)19(18-10-5-4-6-11-18)14-20-13-17-9-7-8-16(3)12-17/h4-12,15,19-20H,13-14H2,1-3H3. The van der Waals surface area contributed by atoms with Gasteiger partial charge in [0.25, 0.3) is 0 Å². The first-order valence-corrected chi connectivity index (χ1v) is 7.48. The zero-order valence-electron chi connectivity index (χ0n) is 12.8. The van der Waals surface area contributed by atoms with Gasteiger partial charge in [0.2, 0.25) is 0 Å². The van der Waals surface area contributed by atoms with Crippen molar-refractivity contribution < 1.29 is 0 Å². The summed E-state index contributed by atoms with van der Waals surface area (Å²) in [5.41, 5.74) is 4.12. The zero-order valence-corrected chi connectivity index (χ0v) is 12.8. The summed E-state index contributed by atoms with van der Waals surface area (Å²) in [5, 5.41) is 3.61. The summed E-state index contributed by atoms with van der Waals surface area (Å²) < 4.78 is 0. The van der Waals surface area contributed by atoms with Gasteiger partial charge >= 0.3 is 0 Å². The van der Waals surface area contributed by atoms with Crippen LogP contribution in [0.1, 0.15) is 36.5 Å². The van der Waals surface area contributed by atoms with Crippen LogP contribution in [0.4, 0.5) is 0 Å². The van der Waals surface area contributed by atoms with Crippen LogP contribution in [0.15, 0.2) is 54.6 Å². The molecule has 1 unspecified atom stereocenters. The lowest BCUT2D eigenvalue weighted by atomic mass is 9.88. The SMILES string of the molecule is Cc1cccc(CNCC(c2ccccc2)C(C)C)c1. The van der Waals surface area contributed by atoms with Crippen molar-refractivity contribution in [3.8, 4) is 0 Å². The van der Waals surface area contributed by atoms with Crippen LogP contribution in [0.5, 0.6) is 0 Å². The van der Waals surface area contributed by atoms with E-state index < -0.39 is 0 Å².